The van der Waals surface area contributed by atoms with E-state index in [1.54, 1.807) is 7.11 Å². The second kappa shape index (κ2) is 5.80. The first-order valence-electron chi connectivity index (χ1n) is 7.66. The zero-order valence-corrected chi connectivity index (χ0v) is 13.1. The quantitative estimate of drug-likeness (QED) is 0.897. The first kappa shape index (κ1) is 14.0. The lowest BCUT2D eigenvalue weighted by molar-refractivity contribution is 0.406. The molecule has 1 heterocycles. The highest BCUT2D eigenvalue weighted by Crippen LogP contribution is 2.37. The van der Waals surface area contributed by atoms with Crippen LogP contribution in [-0.4, -0.2) is 13.7 Å². The van der Waals surface area contributed by atoms with Gasteiger partial charge in [0.05, 0.1) is 7.11 Å². The number of benzene rings is 2. The van der Waals surface area contributed by atoms with Gasteiger partial charge in [-0.15, -0.1) is 0 Å². The summed E-state index contributed by atoms with van der Waals surface area (Å²) in [4.78, 5) is 0. The molecule has 0 bridgehead atoms. The molecular formula is C19H23NO. The van der Waals surface area contributed by atoms with Crippen LogP contribution in [0.25, 0.3) is 0 Å². The standard InChI is InChI=1S/C19H23NO/c1-13-10-14(2)17(19(11-13)21-3)12-15-8-9-20-18-7-5-4-6-16(15)18/h4-7,10-11,15,20H,8-9,12H2,1-3H3. The van der Waals surface area contributed by atoms with Gasteiger partial charge in [-0.1, -0.05) is 24.3 Å². The van der Waals surface area contributed by atoms with Crippen LogP contribution in [0.3, 0.4) is 0 Å². The summed E-state index contributed by atoms with van der Waals surface area (Å²) in [5.74, 6) is 1.60. The molecule has 0 amide bonds. The molecular weight excluding hydrogens is 258 g/mol. The van der Waals surface area contributed by atoms with Crippen LogP contribution in [0.2, 0.25) is 0 Å². The Labute approximate surface area is 127 Å². The molecule has 3 rings (SSSR count). The van der Waals surface area contributed by atoms with Crippen LogP contribution in [0.4, 0.5) is 5.69 Å². The maximum absolute atomic E-state index is 5.62. The van der Waals surface area contributed by atoms with Crippen molar-refractivity contribution in [3.05, 3.63) is 58.7 Å². The number of hydrogen-bond acceptors (Lipinski definition) is 2. The molecule has 1 N–H and O–H groups in total. The molecule has 0 spiro atoms. The molecule has 0 aliphatic carbocycles. The third-order valence-electron chi connectivity index (χ3n) is 4.46. The van der Waals surface area contributed by atoms with Gasteiger partial charge in [0, 0.05) is 12.2 Å². The van der Waals surface area contributed by atoms with E-state index in [1.807, 2.05) is 0 Å². The van der Waals surface area contributed by atoms with Crippen LogP contribution in [0.1, 0.15) is 34.6 Å². The van der Waals surface area contributed by atoms with Crippen LogP contribution >= 0.6 is 0 Å². The Kier molecular flexibility index (Phi) is 3.87. The highest BCUT2D eigenvalue weighted by molar-refractivity contribution is 5.55. The average molecular weight is 281 g/mol. The molecule has 21 heavy (non-hydrogen) atoms. The first-order valence-corrected chi connectivity index (χ1v) is 7.66. The molecule has 1 aliphatic heterocycles. The summed E-state index contributed by atoms with van der Waals surface area (Å²) in [6.45, 7) is 5.37. The van der Waals surface area contributed by atoms with Gasteiger partial charge in [-0.2, -0.15) is 0 Å². The fourth-order valence-electron chi connectivity index (χ4n) is 3.41. The summed E-state index contributed by atoms with van der Waals surface area (Å²) in [6, 6.07) is 13.1. The van der Waals surface area contributed by atoms with Crippen LogP contribution < -0.4 is 10.1 Å². The van der Waals surface area contributed by atoms with Gasteiger partial charge in [-0.3, -0.25) is 0 Å². The van der Waals surface area contributed by atoms with Crippen molar-refractivity contribution in [2.75, 3.05) is 19.0 Å². The minimum absolute atomic E-state index is 0.567. The van der Waals surface area contributed by atoms with Crippen LogP contribution in [0.5, 0.6) is 5.75 Å². The number of methoxy groups -OCH3 is 1. The normalized spacial score (nSPS) is 17.0. The van der Waals surface area contributed by atoms with E-state index in [-0.39, 0.29) is 0 Å². The molecule has 0 saturated carbocycles. The van der Waals surface area contributed by atoms with Crippen molar-refractivity contribution >= 4 is 5.69 Å². The lowest BCUT2D eigenvalue weighted by Gasteiger charge is -2.28. The number of aryl methyl sites for hydroxylation is 2. The van der Waals surface area contributed by atoms with Crippen molar-refractivity contribution in [3.8, 4) is 5.75 Å². The van der Waals surface area contributed by atoms with Gasteiger partial charge < -0.3 is 10.1 Å². The molecule has 0 fully saturated rings. The molecule has 0 radical (unpaired) electrons. The monoisotopic (exact) mass is 281 g/mol. The zero-order chi connectivity index (χ0) is 14.8. The summed E-state index contributed by atoms with van der Waals surface area (Å²) in [6.07, 6.45) is 2.22. The maximum Gasteiger partial charge on any atom is 0.122 e. The van der Waals surface area contributed by atoms with E-state index in [0.717, 1.165) is 18.7 Å². The van der Waals surface area contributed by atoms with E-state index in [1.165, 1.54) is 34.4 Å². The zero-order valence-electron chi connectivity index (χ0n) is 13.1. The van der Waals surface area contributed by atoms with E-state index in [0.29, 0.717) is 5.92 Å². The minimum atomic E-state index is 0.567. The van der Waals surface area contributed by atoms with E-state index in [4.69, 9.17) is 4.74 Å². The molecule has 2 heteroatoms. The Morgan fingerprint density at radius 2 is 2.00 bits per heavy atom. The maximum atomic E-state index is 5.62. The fraction of sp³-hybridized carbons (Fsp3) is 0.368. The number of anilines is 1. The van der Waals surface area contributed by atoms with Crippen molar-refractivity contribution in [2.24, 2.45) is 0 Å². The van der Waals surface area contributed by atoms with Crippen molar-refractivity contribution < 1.29 is 4.74 Å². The SMILES string of the molecule is COc1cc(C)cc(C)c1CC1CCNc2ccccc21. The summed E-state index contributed by atoms with van der Waals surface area (Å²) in [5, 5.41) is 3.50. The van der Waals surface area contributed by atoms with Gasteiger partial charge in [-0.25, -0.2) is 0 Å². The second-order valence-electron chi connectivity index (χ2n) is 5.97. The van der Waals surface area contributed by atoms with E-state index < -0.39 is 0 Å². The fourth-order valence-corrected chi connectivity index (χ4v) is 3.41. The highest BCUT2D eigenvalue weighted by atomic mass is 16.5. The number of nitrogens with one attached hydrogen (secondary N) is 1. The van der Waals surface area contributed by atoms with Crippen LogP contribution in [-0.2, 0) is 6.42 Å². The number of ether oxygens (including phenoxy) is 1. The molecule has 2 aromatic rings. The van der Waals surface area contributed by atoms with Gasteiger partial charge >= 0.3 is 0 Å². The second-order valence-corrected chi connectivity index (χ2v) is 5.97. The Morgan fingerprint density at radius 1 is 1.19 bits per heavy atom. The van der Waals surface area contributed by atoms with Gasteiger partial charge in [0.25, 0.3) is 0 Å². The van der Waals surface area contributed by atoms with Gasteiger partial charge in [0.1, 0.15) is 5.75 Å². The lowest BCUT2D eigenvalue weighted by Crippen LogP contribution is -2.18. The molecule has 1 unspecified atom stereocenters. The molecule has 110 valence electrons. The van der Waals surface area contributed by atoms with Gasteiger partial charge in [-0.05, 0) is 67.0 Å². The van der Waals surface area contributed by atoms with E-state index in [9.17, 15) is 0 Å². The van der Waals surface area contributed by atoms with Crippen molar-refractivity contribution in [2.45, 2.75) is 32.6 Å². The smallest absolute Gasteiger partial charge is 0.122 e. The van der Waals surface area contributed by atoms with Crippen LogP contribution in [0.15, 0.2) is 36.4 Å². The number of para-hydroxylation sites is 1. The van der Waals surface area contributed by atoms with Gasteiger partial charge in [0.2, 0.25) is 0 Å². The predicted octanol–water partition coefficient (Wildman–Crippen LogP) is 4.45. The Balaban J connectivity index is 1.95. The summed E-state index contributed by atoms with van der Waals surface area (Å²) in [7, 11) is 1.77. The third kappa shape index (κ3) is 2.76. The summed E-state index contributed by atoms with van der Waals surface area (Å²) in [5.41, 5.74) is 6.68. The first-order chi connectivity index (χ1) is 10.2. The lowest BCUT2D eigenvalue weighted by atomic mass is 9.84. The van der Waals surface area contributed by atoms with Crippen molar-refractivity contribution in [1.29, 1.82) is 0 Å². The largest absolute Gasteiger partial charge is 0.496 e. The minimum Gasteiger partial charge on any atom is -0.496 e. The van der Waals surface area contributed by atoms with Crippen molar-refractivity contribution in [1.82, 2.24) is 0 Å². The molecule has 2 aromatic carbocycles. The Hall–Kier alpha value is -1.96. The number of rotatable bonds is 3. The number of hydrogen-bond donors (Lipinski definition) is 1. The van der Waals surface area contributed by atoms with E-state index in [2.05, 4.69) is 55.6 Å². The molecule has 1 atom stereocenters. The Bertz CT molecular complexity index is 648. The average Bonchev–Trinajstić information content (AvgIpc) is 2.50. The molecule has 0 aromatic heterocycles. The van der Waals surface area contributed by atoms with Crippen LogP contribution in [0, 0.1) is 13.8 Å². The predicted molar refractivity (Wildman–Crippen MR) is 88.5 cm³/mol. The number of fused-ring (bicyclic) bond motifs is 1. The van der Waals surface area contributed by atoms with Crippen molar-refractivity contribution in [3.63, 3.8) is 0 Å². The topological polar surface area (TPSA) is 21.3 Å². The summed E-state index contributed by atoms with van der Waals surface area (Å²) < 4.78 is 5.62. The van der Waals surface area contributed by atoms with Gasteiger partial charge in [0.15, 0.2) is 0 Å². The highest BCUT2D eigenvalue weighted by Gasteiger charge is 2.22. The molecule has 0 saturated heterocycles. The molecule has 2 nitrogen and oxygen atoms in total. The molecule has 1 aliphatic rings. The Morgan fingerprint density at radius 3 is 2.81 bits per heavy atom. The van der Waals surface area contributed by atoms with E-state index >= 15 is 0 Å². The third-order valence-corrected chi connectivity index (χ3v) is 4.46. The summed E-state index contributed by atoms with van der Waals surface area (Å²) >= 11 is 0.